The van der Waals surface area contributed by atoms with Crippen molar-refractivity contribution in [1.29, 1.82) is 0 Å². The monoisotopic (exact) mass is 318 g/mol. The number of hydrogen-bond donors (Lipinski definition) is 2. The molecule has 1 heterocycles. The molecule has 1 aromatic rings. The zero-order valence-electron chi connectivity index (χ0n) is 13.7. The van der Waals surface area contributed by atoms with Crippen LogP contribution in [0.15, 0.2) is 24.3 Å². The summed E-state index contributed by atoms with van der Waals surface area (Å²) in [5, 5.41) is 12.3. The summed E-state index contributed by atoms with van der Waals surface area (Å²) in [4.78, 5) is 14.3. The number of aliphatic hydroxyl groups is 1. The lowest BCUT2D eigenvalue weighted by molar-refractivity contribution is -0.00889. The second-order valence-electron chi connectivity index (χ2n) is 6.55. The van der Waals surface area contributed by atoms with Gasteiger partial charge in [-0.1, -0.05) is 29.8 Å². The fourth-order valence-corrected chi connectivity index (χ4v) is 3.20. The first-order valence-electron chi connectivity index (χ1n) is 8.55. The number of amides is 2. The van der Waals surface area contributed by atoms with E-state index in [4.69, 9.17) is 4.74 Å². The Morgan fingerprint density at radius 2 is 2.04 bits per heavy atom. The van der Waals surface area contributed by atoms with Crippen molar-refractivity contribution >= 4 is 6.03 Å². The first-order valence-corrected chi connectivity index (χ1v) is 8.55. The van der Waals surface area contributed by atoms with Crippen LogP contribution in [0.3, 0.4) is 0 Å². The van der Waals surface area contributed by atoms with Crippen molar-refractivity contribution in [3.63, 3.8) is 0 Å². The molecule has 1 aliphatic carbocycles. The van der Waals surface area contributed by atoms with Crippen LogP contribution >= 0.6 is 0 Å². The number of aliphatic hydroxyl groups excluding tert-OH is 1. The maximum atomic E-state index is 12.6. The second kappa shape index (κ2) is 7.32. The van der Waals surface area contributed by atoms with Crippen LogP contribution in [0.25, 0.3) is 0 Å². The summed E-state index contributed by atoms with van der Waals surface area (Å²) >= 11 is 0. The third-order valence-corrected chi connectivity index (χ3v) is 4.63. The Kier molecular flexibility index (Phi) is 5.18. The molecule has 0 spiro atoms. The average Bonchev–Trinajstić information content (AvgIpc) is 3.39. The molecular formula is C18H26N2O3. The Labute approximate surface area is 137 Å². The van der Waals surface area contributed by atoms with Crippen LogP contribution < -0.4 is 5.32 Å². The molecule has 2 fully saturated rings. The topological polar surface area (TPSA) is 61.8 Å². The molecule has 23 heavy (non-hydrogen) atoms. The van der Waals surface area contributed by atoms with Gasteiger partial charge in [0.05, 0.1) is 12.6 Å². The SMILES string of the molecule is Cc1ccc([C@@H]2OCCC[C@H]2NC(=O)N(CCO)C2CC2)cc1. The third-order valence-electron chi connectivity index (χ3n) is 4.63. The van der Waals surface area contributed by atoms with E-state index in [1.165, 1.54) is 5.56 Å². The van der Waals surface area contributed by atoms with Gasteiger partial charge in [0, 0.05) is 19.2 Å². The molecule has 0 aromatic heterocycles. The van der Waals surface area contributed by atoms with Gasteiger partial charge in [0.2, 0.25) is 0 Å². The zero-order valence-corrected chi connectivity index (χ0v) is 13.7. The highest BCUT2D eigenvalue weighted by molar-refractivity contribution is 5.75. The second-order valence-corrected chi connectivity index (χ2v) is 6.55. The summed E-state index contributed by atoms with van der Waals surface area (Å²) in [6, 6.07) is 8.52. The fraction of sp³-hybridized carbons (Fsp3) is 0.611. The Balaban J connectivity index is 1.68. The molecule has 126 valence electrons. The van der Waals surface area contributed by atoms with Crippen LogP contribution in [-0.4, -0.2) is 47.9 Å². The predicted octanol–water partition coefficient (Wildman–Crippen LogP) is 2.38. The molecule has 2 amide bonds. The Bertz CT molecular complexity index is 528. The Morgan fingerprint density at radius 3 is 2.70 bits per heavy atom. The standard InChI is InChI=1S/C18H26N2O3/c1-13-4-6-14(7-5-13)17-16(3-2-12-23-17)19-18(22)20(10-11-21)15-8-9-15/h4-7,15-17,21H,2-3,8-12H2,1H3,(H,19,22)/t16-,17+/m1/s1. The van der Waals surface area contributed by atoms with E-state index in [-0.39, 0.29) is 24.8 Å². The molecule has 0 bridgehead atoms. The number of hydrogen-bond acceptors (Lipinski definition) is 3. The van der Waals surface area contributed by atoms with Gasteiger partial charge in [-0.05, 0) is 38.2 Å². The molecule has 1 aliphatic heterocycles. The van der Waals surface area contributed by atoms with Crippen molar-refractivity contribution in [1.82, 2.24) is 10.2 Å². The fourth-order valence-electron chi connectivity index (χ4n) is 3.20. The number of benzene rings is 1. The third kappa shape index (κ3) is 4.03. The smallest absolute Gasteiger partial charge is 0.318 e. The quantitative estimate of drug-likeness (QED) is 0.876. The van der Waals surface area contributed by atoms with E-state index in [2.05, 4.69) is 36.5 Å². The van der Waals surface area contributed by atoms with E-state index in [0.717, 1.165) is 37.9 Å². The van der Waals surface area contributed by atoms with Crippen molar-refractivity contribution in [3.8, 4) is 0 Å². The minimum atomic E-state index is -0.0940. The number of nitrogens with one attached hydrogen (secondary N) is 1. The number of ether oxygens (including phenoxy) is 1. The molecule has 0 radical (unpaired) electrons. The van der Waals surface area contributed by atoms with Gasteiger partial charge in [-0.3, -0.25) is 0 Å². The zero-order chi connectivity index (χ0) is 16.2. The lowest BCUT2D eigenvalue weighted by atomic mass is 9.95. The van der Waals surface area contributed by atoms with E-state index >= 15 is 0 Å². The Morgan fingerprint density at radius 1 is 1.30 bits per heavy atom. The number of rotatable bonds is 5. The molecule has 0 unspecified atom stereocenters. The van der Waals surface area contributed by atoms with E-state index in [1.807, 2.05) is 0 Å². The molecule has 5 heteroatoms. The molecule has 1 aromatic carbocycles. The molecule has 2 aliphatic rings. The number of carbonyl (C=O) groups is 1. The summed E-state index contributed by atoms with van der Waals surface area (Å²) in [5.74, 6) is 0. The largest absolute Gasteiger partial charge is 0.395 e. The molecule has 5 nitrogen and oxygen atoms in total. The number of aryl methyl sites for hydroxylation is 1. The van der Waals surface area contributed by atoms with Crippen LogP contribution in [0.2, 0.25) is 0 Å². The van der Waals surface area contributed by atoms with Crippen molar-refractivity contribution in [2.24, 2.45) is 0 Å². The van der Waals surface area contributed by atoms with E-state index in [9.17, 15) is 9.90 Å². The highest BCUT2D eigenvalue weighted by Crippen LogP contribution is 2.30. The summed E-state index contributed by atoms with van der Waals surface area (Å²) in [7, 11) is 0. The van der Waals surface area contributed by atoms with Gasteiger partial charge >= 0.3 is 6.03 Å². The summed E-state index contributed by atoms with van der Waals surface area (Å²) in [5.41, 5.74) is 2.33. The van der Waals surface area contributed by atoms with Crippen LogP contribution in [0, 0.1) is 6.92 Å². The minimum Gasteiger partial charge on any atom is -0.395 e. The normalized spacial score (nSPS) is 24.3. The van der Waals surface area contributed by atoms with Gasteiger partial charge in [0.15, 0.2) is 0 Å². The lowest BCUT2D eigenvalue weighted by Crippen LogP contribution is -2.50. The molecule has 1 saturated heterocycles. The summed E-state index contributed by atoms with van der Waals surface area (Å²) in [6.45, 7) is 3.20. The number of nitrogens with zero attached hydrogens (tertiary/aromatic N) is 1. The number of carbonyl (C=O) groups excluding carboxylic acids is 1. The van der Waals surface area contributed by atoms with Gasteiger partial charge < -0.3 is 20.1 Å². The van der Waals surface area contributed by atoms with Crippen molar-refractivity contribution in [2.75, 3.05) is 19.8 Å². The van der Waals surface area contributed by atoms with Crippen LogP contribution in [-0.2, 0) is 4.74 Å². The minimum absolute atomic E-state index is 0.00643. The van der Waals surface area contributed by atoms with Crippen LogP contribution in [0.1, 0.15) is 42.9 Å². The lowest BCUT2D eigenvalue weighted by Gasteiger charge is -2.34. The van der Waals surface area contributed by atoms with Gasteiger partial charge in [-0.15, -0.1) is 0 Å². The van der Waals surface area contributed by atoms with Gasteiger partial charge in [0.25, 0.3) is 0 Å². The maximum Gasteiger partial charge on any atom is 0.318 e. The van der Waals surface area contributed by atoms with Crippen LogP contribution in [0.5, 0.6) is 0 Å². The van der Waals surface area contributed by atoms with Gasteiger partial charge in [0.1, 0.15) is 6.10 Å². The molecule has 3 rings (SSSR count). The van der Waals surface area contributed by atoms with E-state index < -0.39 is 0 Å². The first-order chi connectivity index (χ1) is 11.2. The van der Waals surface area contributed by atoms with Crippen molar-refractivity contribution < 1.29 is 14.6 Å². The number of urea groups is 1. The molecule has 2 atom stereocenters. The highest BCUT2D eigenvalue weighted by Gasteiger charge is 2.35. The molecule has 2 N–H and O–H groups in total. The van der Waals surface area contributed by atoms with Gasteiger partial charge in [-0.25, -0.2) is 4.79 Å². The van der Waals surface area contributed by atoms with E-state index in [0.29, 0.717) is 12.6 Å². The maximum absolute atomic E-state index is 12.6. The predicted molar refractivity (Wildman–Crippen MR) is 88.2 cm³/mol. The highest BCUT2D eigenvalue weighted by atomic mass is 16.5. The molecule has 1 saturated carbocycles. The first kappa shape index (κ1) is 16.3. The van der Waals surface area contributed by atoms with Crippen molar-refractivity contribution in [3.05, 3.63) is 35.4 Å². The Hall–Kier alpha value is -1.59. The van der Waals surface area contributed by atoms with Gasteiger partial charge in [-0.2, -0.15) is 0 Å². The van der Waals surface area contributed by atoms with Crippen LogP contribution in [0.4, 0.5) is 4.79 Å². The molecular weight excluding hydrogens is 292 g/mol. The van der Waals surface area contributed by atoms with E-state index in [1.54, 1.807) is 4.90 Å². The summed E-state index contributed by atoms with van der Waals surface area (Å²) in [6.07, 6.45) is 3.86. The average molecular weight is 318 g/mol. The van der Waals surface area contributed by atoms with Crippen molar-refractivity contribution in [2.45, 2.75) is 50.8 Å². The summed E-state index contributed by atoms with van der Waals surface area (Å²) < 4.78 is 5.95.